The number of anilines is 1. The predicted molar refractivity (Wildman–Crippen MR) is 69.5 cm³/mol. The molecule has 1 unspecified atom stereocenters. The molecule has 0 fully saturated rings. The number of nitro groups is 1. The molecule has 0 saturated heterocycles. The van der Waals surface area contributed by atoms with Crippen molar-refractivity contribution < 1.29 is 9.72 Å². The highest BCUT2D eigenvalue weighted by Gasteiger charge is 2.14. The second-order valence-electron chi connectivity index (χ2n) is 3.62. The van der Waals surface area contributed by atoms with Crippen molar-refractivity contribution in [3.8, 4) is 0 Å². The largest absolute Gasteiger partial charge is 0.325 e. The Hall–Kier alpha value is -1.43. The molecule has 1 aromatic rings. The first-order valence-electron chi connectivity index (χ1n) is 5.15. The van der Waals surface area contributed by atoms with Crippen LogP contribution in [0, 0.1) is 17.0 Å². The number of hydrogen-bond donors (Lipinski definition) is 1. The third-order valence-electron chi connectivity index (χ3n) is 2.32. The molecule has 5 nitrogen and oxygen atoms in total. The summed E-state index contributed by atoms with van der Waals surface area (Å²) < 4.78 is 0. The van der Waals surface area contributed by atoms with Gasteiger partial charge in [0.2, 0.25) is 5.91 Å². The van der Waals surface area contributed by atoms with E-state index in [1.165, 1.54) is 12.1 Å². The van der Waals surface area contributed by atoms with Crippen LogP contribution < -0.4 is 5.32 Å². The number of alkyl halides is 1. The minimum absolute atomic E-state index is 0.0198. The van der Waals surface area contributed by atoms with E-state index in [0.717, 1.165) is 0 Å². The number of nitrogens with zero attached hydrogens (tertiary/aromatic N) is 1. The molecule has 17 heavy (non-hydrogen) atoms. The van der Waals surface area contributed by atoms with E-state index in [2.05, 4.69) is 21.2 Å². The van der Waals surface area contributed by atoms with Crippen molar-refractivity contribution in [2.75, 3.05) is 5.32 Å². The number of hydrogen-bond acceptors (Lipinski definition) is 3. The summed E-state index contributed by atoms with van der Waals surface area (Å²) in [5, 5.41) is 13.3. The maximum absolute atomic E-state index is 11.6. The van der Waals surface area contributed by atoms with Crippen LogP contribution in [0.15, 0.2) is 18.2 Å². The van der Waals surface area contributed by atoms with E-state index in [9.17, 15) is 14.9 Å². The van der Waals surface area contributed by atoms with Crippen LogP contribution in [0.25, 0.3) is 0 Å². The highest BCUT2D eigenvalue weighted by atomic mass is 79.9. The monoisotopic (exact) mass is 300 g/mol. The minimum atomic E-state index is -0.460. The first-order valence-corrected chi connectivity index (χ1v) is 6.07. The van der Waals surface area contributed by atoms with Crippen LogP contribution in [0.5, 0.6) is 0 Å². The Bertz CT molecular complexity index is 448. The van der Waals surface area contributed by atoms with Gasteiger partial charge >= 0.3 is 0 Å². The van der Waals surface area contributed by atoms with E-state index in [1.807, 2.05) is 6.92 Å². The fourth-order valence-corrected chi connectivity index (χ4v) is 1.41. The molecule has 1 N–H and O–H groups in total. The Morgan fingerprint density at radius 1 is 1.59 bits per heavy atom. The number of aryl methyl sites for hydroxylation is 1. The van der Waals surface area contributed by atoms with E-state index in [-0.39, 0.29) is 16.4 Å². The second-order valence-corrected chi connectivity index (χ2v) is 4.73. The first kappa shape index (κ1) is 13.6. The summed E-state index contributed by atoms with van der Waals surface area (Å²) in [7, 11) is 0. The summed E-state index contributed by atoms with van der Waals surface area (Å²) in [6.45, 7) is 3.61. The third kappa shape index (κ3) is 3.52. The number of nitrogens with one attached hydrogen (secondary N) is 1. The molecule has 1 aromatic carbocycles. The summed E-state index contributed by atoms with van der Waals surface area (Å²) >= 11 is 3.24. The number of amides is 1. The Morgan fingerprint density at radius 3 is 2.71 bits per heavy atom. The number of halogens is 1. The van der Waals surface area contributed by atoms with Crippen molar-refractivity contribution in [1.82, 2.24) is 0 Å². The number of non-ortho nitro benzene ring substituents is 1. The van der Waals surface area contributed by atoms with Gasteiger partial charge in [0.15, 0.2) is 0 Å². The van der Waals surface area contributed by atoms with Gasteiger partial charge in [-0.1, -0.05) is 22.9 Å². The lowest BCUT2D eigenvalue weighted by Crippen LogP contribution is -2.22. The van der Waals surface area contributed by atoms with Crippen molar-refractivity contribution >= 4 is 33.2 Å². The number of carbonyl (C=O) groups is 1. The van der Waals surface area contributed by atoms with Gasteiger partial charge in [-0.05, 0) is 25.0 Å². The molecule has 1 atom stereocenters. The summed E-state index contributed by atoms with van der Waals surface area (Å²) in [5.74, 6) is -0.149. The van der Waals surface area contributed by atoms with Gasteiger partial charge in [-0.2, -0.15) is 0 Å². The van der Waals surface area contributed by atoms with Gasteiger partial charge in [-0.3, -0.25) is 14.9 Å². The lowest BCUT2D eigenvalue weighted by atomic mass is 10.1. The highest BCUT2D eigenvalue weighted by molar-refractivity contribution is 9.10. The van der Waals surface area contributed by atoms with Crippen LogP contribution in [-0.2, 0) is 4.79 Å². The Kier molecular flexibility index (Phi) is 4.62. The standard InChI is InChI=1S/C11H13BrN2O3/c1-3-9(12)11(15)13-10-5-4-8(14(16)17)6-7(10)2/h4-6,9H,3H2,1-2H3,(H,13,15). The van der Waals surface area contributed by atoms with E-state index in [0.29, 0.717) is 17.7 Å². The van der Waals surface area contributed by atoms with E-state index < -0.39 is 4.92 Å². The van der Waals surface area contributed by atoms with Gasteiger partial charge in [-0.15, -0.1) is 0 Å². The van der Waals surface area contributed by atoms with E-state index in [1.54, 1.807) is 13.0 Å². The van der Waals surface area contributed by atoms with Gasteiger partial charge in [0.25, 0.3) is 5.69 Å². The van der Waals surface area contributed by atoms with Gasteiger partial charge in [0, 0.05) is 17.8 Å². The Balaban J connectivity index is 2.86. The zero-order valence-corrected chi connectivity index (χ0v) is 11.2. The molecule has 0 spiro atoms. The molecule has 0 radical (unpaired) electrons. The van der Waals surface area contributed by atoms with Gasteiger partial charge in [0.1, 0.15) is 0 Å². The summed E-state index contributed by atoms with van der Waals surface area (Å²) in [6, 6.07) is 4.35. The van der Waals surface area contributed by atoms with Crippen molar-refractivity contribution in [3.05, 3.63) is 33.9 Å². The normalized spacial score (nSPS) is 11.9. The number of benzene rings is 1. The van der Waals surface area contributed by atoms with Gasteiger partial charge in [-0.25, -0.2) is 0 Å². The van der Waals surface area contributed by atoms with Crippen LogP contribution in [0.2, 0.25) is 0 Å². The molecule has 0 aromatic heterocycles. The van der Waals surface area contributed by atoms with E-state index in [4.69, 9.17) is 0 Å². The average Bonchev–Trinajstić information content (AvgIpc) is 2.30. The lowest BCUT2D eigenvalue weighted by Gasteiger charge is -2.10. The molecular formula is C11H13BrN2O3. The maximum atomic E-state index is 11.6. The number of carbonyl (C=O) groups excluding carboxylic acids is 1. The molecule has 0 aliphatic heterocycles. The zero-order chi connectivity index (χ0) is 13.0. The quantitative estimate of drug-likeness (QED) is 0.528. The highest BCUT2D eigenvalue weighted by Crippen LogP contribution is 2.22. The molecule has 92 valence electrons. The van der Waals surface area contributed by atoms with Crippen LogP contribution >= 0.6 is 15.9 Å². The predicted octanol–water partition coefficient (Wildman–Crippen LogP) is 3.02. The van der Waals surface area contributed by atoms with Crippen LogP contribution in [-0.4, -0.2) is 15.7 Å². The van der Waals surface area contributed by atoms with Gasteiger partial charge in [0.05, 0.1) is 9.75 Å². The van der Waals surface area contributed by atoms with Crippen LogP contribution in [0.4, 0.5) is 11.4 Å². The van der Waals surface area contributed by atoms with Crippen molar-refractivity contribution in [3.63, 3.8) is 0 Å². The van der Waals surface area contributed by atoms with Crippen LogP contribution in [0.3, 0.4) is 0 Å². The second kappa shape index (κ2) is 5.77. The minimum Gasteiger partial charge on any atom is -0.325 e. The molecule has 0 aliphatic carbocycles. The fraction of sp³-hybridized carbons (Fsp3) is 0.364. The van der Waals surface area contributed by atoms with Crippen molar-refractivity contribution in [1.29, 1.82) is 0 Å². The Morgan fingerprint density at radius 2 is 2.24 bits per heavy atom. The molecule has 1 rings (SSSR count). The summed E-state index contributed by atoms with van der Waals surface area (Å²) in [6.07, 6.45) is 0.678. The number of nitro benzene ring substituents is 1. The van der Waals surface area contributed by atoms with Crippen molar-refractivity contribution in [2.24, 2.45) is 0 Å². The van der Waals surface area contributed by atoms with Crippen molar-refractivity contribution in [2.45, 2.75) is 25.1 Å². The third-order valence-corrected chi connectivity index (χ3v) is 3.38. The number of rotatable bonds is 4. The van der Waals surface area contributed by atoms with Gasteiger partial charge < -0.3 is 5.32 Å². The lowest BCUT2D eigenvalue weighted by molar-refractivity contribution is -0.384. The molecular weight excluding hydrogens is 288 g/mol. The topological polar surface area (TPSA) is 72.2 Å². The zero-order valence-electron chi connectivity index (χ0n) is 9.57. The van der Waals surface area contributed by atoms with E-state index >= 15 is 0 Å². The summed E-state index contributed by atoms with van der Waals surface area (Å²) in [5.41, 5.74) is 1.29. The maximum Gasteiger partial charge on any atom is 0.269 e. The first-order chi connectivity index (χ1) is 7.95. The molecule has 0 bridgehead atoms. The molecule has 1 amide bonds. The smallest absolute Gasteiger partial charge is 0.269 e. The molecule has 0 aliphatic rings. The average molecular weight is 301 g/mol. The fourth-order valence-electron chi connectivity index (χ4n) is 1.30. The molecule has 0 heterocycles. The molecule has 0 saturated carbocycles. The Labute approximate surface area is 107 Å². The molecule has 6 heteroatoms. The SMILES string of the molecule is CCC(Br)C(=O)Nc1ccc([N+](=O)[O-])cc1C. The summed E-state index contributed by atoms with van der Waals surface area (Å²) in [4.78, 5) is 21.5. The van der Waals surface area contributed by atoms with Crippen LogP contribution in [0.1, 0.15) is 18.9 Å².